The van der Waals surface area contributed by atoms with Crippen LogP contribution < -0.4 is 5.32 Å². The predicted octanol–water partition coefficient (Wildman–Crippen LogP) is 4.79. The molecule has 2 aromatic heterocycles. The van der Waals surface area contributed by atoms with Gasteiger partial charge in [-0.15, -0.1) is 0 Å². The van der Waals surface area contributed by atoms with Gasteiger partial charge in [-0.1, -0.05) is 41.9 Å². The molecule has 0 atom stereocenters. The topological polar surface area (TPSA) is 63.6 Å². The Bertz CT molecular complexity index is 1050. The van der Waals surface area contributed by atoms with Crippen LogP contribution in [0.4, 0.5) is 11.9 Å². The minimum Gasteiger partial charge on any atom is -0.293 e. The molecule has 0 bridgehead atoms. The number of aromatic nitrogens is 4. The molecule has 5 nitrogen and oxygen atoms in total. The second-order valence-corrected chi connectivity index (χ2v) is 6.01. The number of halogens is 1. The summed E-state index contributed by atoms with van der Waals surface area (Å²) in [7, 11) is 0. The SMILES string of the molecule is Cc1ccnc(Nc2nc(-c3ccccc3)c3cc(Cl)ccc3n2)n1. The van der Waals surface area contributed by atoms with Gasteiger partial charge in [-0.2, -0.15) is 0 Å². The highest BCUT2D eigenvalue weighted by Gasteiger charge is 2.11. The summed E-state index contributed by atoms with van der Waals surface area (Å²) >= 11 is 6.17. The molecule has 0 saturated carbocycles. The van der Waals surface area contributed by atoms with E-state index in [0.29, 0.717) is 16.9 Å². The van der Waals surface area contributed by atoms with Crippen molar-refractivity contribution in [3.05, 3.63) is 71.5 Å². The molecule has 0 saturated heterocycles. The Morgan fingerprint density at radius 1 is 0.880 bits per heavy atom. The van der Waals surface area contributed by atoms with Gasteiger partial charge in [0.1, 0.15) is 0 Å². The van der Waals surface area contributed by atoms with Crippen molar-refractivity contribution in [2.45, 2.75) is 6.92 Å². The molecular weight excluding hydrogens is 334 g/mol. The van der Waals surface area contributed by atoms with Crippen molar-refractivity contribution < 1.29 is 0 Å². The monoisotopic (exact) mass is 347 g/mol. The Morgan fingerprint density at radius 3 is 2.52 bits per heavy atom. The van der Waals surface area contributed by atoms with Crippen molar-refractivity contribution in [2.24, 2.45) is 0 Å². The molecule has 0 amide bonds. The molecule has 6 heteroatoms. The summed E-state index contributed by atoms with van der Waals surface area (Å²) in [5.74, 6) is 0.909. The number of rotatable bonds is 3. The number of fused-ring (bicyclic) bond motifs is 1. The van der Waals surface area contributed by atoms with Crippen LogP contribution in [0.2, 0.25) is 5.02 Å². The van der Waals surface area contributed by atoms with Crippen LogP contribution >= 0.6 is 11.6 Å². The van der Waals surface area contributed by atoms with Crippen molar-refractivity contribution >= 4 is 34.4 Å². The van der Waals surface area contributed by atoms with E-state index in [1.165, 1.54) is 0 Å². The van der Waals surface area contributed by atoms with Gasteiger partial charge in [-0.05, 0) is 31.2 Å². The molecule has 4 aromatic rings. The van der Waals surface area contributed by atoms with Gasteiger partial charge >= 0.3 is 0 Å². The molecule has 4 rings (SSSR count). The third kappa shape index (κ3) is 3.27. The van der Waals surface area contributed by atoms with Crippen molar-refractivity contribution in [3.63, 3.8) is 0 Å². The molecule has 1 N–H and O–H groups in total. The van der Waals surface area contributed by atoms with Gasteiger partial charge in [-0.25, -0.2) is 19.9 Å². The smallest absolute Gasteiger partial charge is 0.230 e. The number of benzene rings is 2. The first-order chi connectivity index (χ1) is 12.2. The second-order valence-electron chi connectivity index (χ2n) is 5.57. The Hall–Kier alpha value is -3.05. The van der Waals surface area contributed by atoms with Gasteiger partial charge < -0.3 is 0 Å². The fraction of sp³-hybridized carbons (Fsp3) is 0.0526. The van der Waals surface area contributed by atoms with E-state index in [9.17, 15) is 0 Å². The average molecular weight is 348 g/mol. The molecule has 2 aromatic carbocycles. The van der Waals surface area contributed by atoms with E-state index in [-0.39, 0.29) is 0 Å². The van der Waals surface area contributed by atoms with Crippen LogP contribution in [0.15, 0.2) is 60.8 Å². The van der Waals surface area contributed by atoms with E-state index in [0.717, 1.165) is 27.9 Å². The maximum Gasteiger partial charge on any atom is 0.230 e. The van der Waals surface area contributed by atoms with E-state index in [2.05, 4.69) is 25.3 Å². The minimum atomic E-state index is 0.444. The summed E-state index contributed by atoms with van der Waals surface area (Å²) in [6, 6.07) is 17.4. The van der Waals surface area contributed by atoms with Crippen LogP contribution in [0.5, 0.6) is 0 Å². The molecule has 0 aliphatic carbocycles. The first-order valence-corrected chi connectivity index (χ1v) is 8.16. The van der Waals surface area contributed by atoms with Gasteiger partial charge in [-0.3, -0.25) is 5.32 Å². The summed E-state index contributed by atoms with van der Waals surface area (Å²) in [5, 5.41) is 4.63. The molecule has 2 heterocycles. The maximum absolute atomic E-state index is 6.17. The summed E-state index contributed by atoms with van der Waals surface area (Å²) in [6.07, 6.45) is 1.70. The highest BCUT2D eigenvalue weighted by Crippen LogP contribution is 2.29. The molecule has 0 radical (unpaired) electrons. The second kappa shape index (κ2) is 6.45. The van der Waals surface area contributed by atoms with Gasteiger partial charge in [0.25, 0.3) is 0 Å². The zero-order chi connectivity index (χ0) is 17.2. The van der Waals surface area contributed by atoms with Gasteiger partial charge in [0.15, 0.2) is 0 Å². The molecule has 0 spiro atoms. The van der Waals surface area contributed by atoms with Crippen LogP contribution in [0.3, 0.4) is 0 Å². The van der Waals surface area contributed by atoms with Gasteiger partial charge in [0, 0.05) is 27.9 Å². The number of nitrogens with one attached hydrogen (secondary N) is 1. The largest absolute Gasteiger partial charge is 0.293 e. The maximum atomic E-state index is 6.17. The molecular formula is C19H14ClN5. The third-order valence-corrected chi connectivity index (χ3v) is 3.96. The fourth-order valence-electron chi connectivity index (χ4n) is 2.58. The molecule has 122 valence electrons. The van der Waals surface area contributed by atoms with Crippen molar-refractivity contribution in [1.82, 2.24) is 19.9 Å². The first-order valence-electron chi connectivity index (χ1n) is 7.78. The number of nitrogens with zero attached hydrogens (tertiary/aromatic N) is 4. The highest BCUT2D eigenvalue weighted by molar-refractivity contribution is 6.31. The summed E-state index contributed by atoms with van der Waals surface area (Å²) < 4.78 is 0. The summed E-state index contributed by atoms with van der Waals surface area (Å²) in [6.45, 7) is 1.91. The van der Waals surface area contributed by atoms with Crippen molar-refractivity contribution in [3.8, 4) is 11.3 Å². The average Bonchev–Trinajstić information content (AvgIpc) is 2.62. The fourth-order valence-corrected chi connectivity index (χ4v) is 2.75. The standard InChI is InChI=1S/C19H14ClN5/c1-12-9-10-21-18(22-12)25-19-23-16-8-7-14(20)11-15(16)17(24-19)13-5-3-2-4-6-13/h2-11H,1H3,(H,21,22,23,24,25). The molecule has 0 unspecified atom stereocenters. The minimum absolute atomic E-state index is 0.444. The Kier molecular flexibility index (Phi) is 3.99. The van der Waals surface area contributed by atoms with E-state index >= 15 is 0 Å². The molecule has 0 fully saturated rings. The quantitative estimate of drug-likeness (QED) is 0.577. The van der Waals surface area contributed by atoms with Crippen LogP contribution in [0.25, 0.3) is 22.2 Å². The number of anilines is 2. The Balaban J connectivity index is 1.88. The lowest BCUT2D eigenvalue weighted by Crippen LogP contribution is -2.03. The first kappa shape index (κ1) is 15.5. The Labute approximate surface area is 149 Å². The molecule has 25 heavy (non-hydrogen) atoms. The normalized spacial score (nSPS) is 10.8. The van der Waals surface area contributed by atoms with Gasteiger partial charge in [0.2, 0.25) is 11.9 Å². The number of hydrogen-bond donors (Lipinski definition) is 1. The number of aryl methyl sites for hydroxylation is 1. The van der Waals surface area contributed by atoms with Crippen LogP contribution in [0, 0.1) is 6.92 Å². The molecule has 0 aliphatic heterocycles. The third-order valence-electron chi connectivity index (χ3n) is 3.72. The summed E-state index contributed by atoms with van der Waals surface area (Å²) in [4.78, 5) is 17.8. The van der Waals surface area contributed by atoms with Crippen molar-refractivity contribution in [2.75, 3.05) is 5.32 Å². The molecule has 0 aliphatic rings. The number of hydrogen-bond acceptors (Lipinski definition) is 5. The lowest BCUT2D eigenvalue weighted by Gasteiger charge is -2.10. The zero-order valence-corrected chi connectivity index (χ0v) is 14.2. The van der Waals surface area contributed by atoms with Crippen LogP contribution in [-0.2, 0) is 0 Å². The van der Waals surface area contributed by atoms with Crippen LogP contribution in [0.1, 0.15) is 5.69 Å². The van der Waals surface area contributed by atoms with Crippen LogP contribution in [-0.4, -0.2) is 19.9 Å². The van der Waals surface area contributed by atoms with E-state index in [4.69, 9.17) is 11.6 Å². The van der Waals surface area contributed by atoms with E-state index < -0.39 is 0 Å². The Morgan fingerprint density at radius 2 is 1.72 bits per heavy atom. The highest BCUT2D eigenvalue weighted by atomic mass is 35.5. The summed E-state index contributed by atoms with van der Waals surface area (Å²) in [5.41, 5.74) is 3.47. The zero-order valence-electron chi connectivity index (χ0n) is 13.4. The van der Waals surface area contributed by atoms with E-state index in [1.54, 1.807) is 6.20 Å². The predicted molar refractivity (Wildman–Crippen MR) is 100 cm³/mol. The van der Waals surface area contributed by atoms with E-state index in [1.807, 2.05) is 61.5 Å². The lowest BCUT2D eigenvalue weighted by atomic mass is 10.1. The lowest BCUT2D eigenvalue weighted by molar-refractivity contribution is 1.08. The van der Waals surface area contributed by atoms with Gasteiger partial charge in [0.05, 0.1) is 11.2 Å². The van der Waals surface area contributed by atoms with Crippen molar-refractivity contribution in [1.29, 1.82) is 0 Å².